The summed E-state index contributed by atoms with van der Waals surface area (Å²) in [6, 6.07) is 18.2. The number of alkyl carbamates (subject to hydrolysis) is 1. The molecule has 11 nitrogen and oxygen atoms in total. The van der Waals surface area contributed by atoms with Gasteiger partial charge < -0.3 is 36.6 Å². The first-order valence-electron chi connectivity index (χ1n) is 15.4. The van der Waals surface area contributed by atoms with E-state index in [1.54, 1.807) is 32.9 Å². The summed E-state index contributed by atoms with van der Waals surface area (Å²) in [4.78, 5) is 50.2. The maximum atomic E-state index is 13.2. The van der Waals surface area contributed by atoms with Gasteiger partial charge in [-0.25, -0.2) is 4.79 Å². The van der Waals surface area contributed by atoms with Crippen LogP contribution in [0.15, 0.2) is 66.7 Å². The van der Waals surface area contributed by atoms with Crippen molar-refractivity contribution in [2.75, 3.05) is 11.9 Å². The number of aliphatic carboxylic acids is 1. The zero-order chi connectivity index (χ0) is 33.5. The first-order valence-corrected chi connectivity index (χ1v) is 15.4. The van der Waals surface area contributed by atoms with Crippen molar-refractivity contribution < 1.29 is 34.1 Å². The van der Waals surface area contributed by atoms with E-state index in [-0.39, 0.29) is 36.3 Å². The van der Waals surface area contributed by atoms with E-state index < -0.39 is 47.9 Å². The third-order valence-corrected chi connectivity index (χ3v) is 8.21. The number of ether oxygens (including phenoxy) is 1. The van der Waals surface area contributed by atoms with Crippen molar-refractivity contribution in [3.8, 4) is 16.9 Å². The van der Waals surface area contributed by atoms with E-state index in [1.807, 2.05) is 48.5 Å². The molecule has 4 atom stereocenters. The number of hydrogen-bond acceptors (Lipinski definition) is 7. The van der Waals surface area contributed by atoms with Gasteiger partial charge in [-0.15, -0.1) is 0 Å². The molecule has 11 heteroatoms. The average Bonchev–Trinajstić information content (AvgIpc) is 3.33. The topological polar surface area (TPSA) is 180 Å². The second-order valence-corrected chi connectivity index (χ2v) is 12.2. The predicted octanol–water partition coefficient (Wildman–Crippen LogP) is 4.38. The molecule has 46 heavy (non-hydrogen) atoms. The Kier molecular flexibility index (Phi) is 11.0. The Morgan fingerprint density at radius 2 is 1.48 bits per heavy atom. The largest absolute Gasteiger partial charge is 0.506 e. The van der Waals surface area contributed by atoms with E-state index >= 15 is 0 Å². The molecule has 1 aliphatic carbocycles. The fourth-order valence-corrected chi connectivity index (χ4v) is 5.66. The van der Waals surface area contributed by atoms with Crippen LogP contribution in [0.3, 0.4) is 0 Å². The number of carbonyl (C=O) groups excluding carboxylic acids is 3. The summed E-state index contributed by atoms with van der Waals surface area (Å²) in [5.41, 5.74) is 11.3. The van der Waals surface area contributed by atoms with Crippen LogP contribution in [0.5, 0.6) is 5.75 Å². The monoisotopic (exact) mass is 630 g/mol. The van der Waals surface area contributed by atoms with Crippen molar-refractivity contribution >= 4 is 29.6 Å². The van der Waals surface area contributed by atoms with Crippen LogP contribution >= 0.6 is 0 Å². The van der Waals surface area contributed by atoms with Gasteiger partial charge in [0.2, 0.25) is 11.8 Å². The maximum absolute atomic E-state index is 13.2. The SMILES string of the molecule is CC(C)[C@H](NC(=O)OCC1c2ccccc2-c2ccccc21)C(=O)N[C@@H](C)C(=O)Nc1cc(C[C@H](N)C[C@H](C)C(=O)O)ccc1O. The number of carbonyl (C=O) groups is 4. The molecule has 7 N–H and O–H groups in total. The minimum absolute atomic E-state index is 0.0944. The number of anilines is 1. The van der Waals surface area contributed by atoms with E-state index in [1.165, 1.54) is 13.0 Å². The minimum atomic E-state index is -1.01. The fourth-order valence-electron chi connectivity index (χ4n) is 5.66. The van der Waals surface area contributed by atoms with Gasteiger partial charge in [-0.2, -0.15) is 0 Å². The minimum Gasteiger partial charge on any atom is -0.506 e. The molecule has 0 fully saturated rings. The Balaban J connectivity index is 1.32. The van der Waals surface area contributed by atoms with E-state index in [9.17, 15) is 24.3 Å². The van der Waals surface area contributed by atoms with E-state index in [4.69, 9.17) is 15.6 Å². The average molecular weight is 631 g/mol. The molecule has 0 bridgehead atoms. The molecule has 0 heterocycles. The first-order chi connectivity index (χ1) is 21.8. The van der Waals surface area contributed by atoms with Gasteiger partial charge in [0.25, 0.3) is 0 Å². The summed E-state index contributed by atoms with van der Waals surface area (Å²) in [6.45, 7) is 6.70. The molecule has 0 aromatic heterocycles. The normalized spacial score (nSPS) is 14.7. The van der Waals surface area contributed by atoms with Crippen LogP contribution in [0.4, 0.5) is 10.5 Å². The van der Waals surface area contributed by atoms with Gasteiger partial charge in [0.1, 0.15) is 24.4 Å². The maximum Gasteiger partial charge on any atom is 0.407 e. The Labute approximate surface area is 268 Å². The van der Waals surface area contributed by atoms with Gasteiger partial charge in [-0.05, 0) is 65.6 Å². The number of amides is 3. The summed E-state index contributed by atoms with van der Waals surface area (Å²) < 4.78 is 5.61. The van der Waals surface area contributed by atoms with E-state index in [0.717, 1.165) is 22.3 Å². The Hall–Kier alpha value is -4.90. The standard InChI is InChI=1S/C35H42N4O7/c1-19(2)31(39-35(45)46-18-28-26-11-7-5-9-24(26)25-10-6-8-12-27(25)28)33(42)37-21(4)32(41)38-29-17-22(13-14-30(29)40)16-23(36)15-20(3)34(43)44/h5-14,17,19-21,23,28,31,40H,15-16,18,36H2,1-4H3,(H,37,42)(H,38,41)(H,39,45)(H,43,44)/t20-,21-,23+,31-/m0/s1. The quantitative estimate of drug-likeness (QED) is 0.151. The highest BCUT2D eigenvalue weighted by molar-refractivity contribution is 5.99. The highest BCUT2D eigenvalue weighted by atomic mass is 16.5. The lowest BCUT2D eigenvalue weighted by molar-refractivity contribution is -0.141. The molecule has 3 aromatic carbocycles. The number of fused-ring (bicyclic) bond motifs is 3. The van der Waals surface area contributed by atoms with Crippen molar-refractivity contribution in [2.24, 2.45) is 17.6 Å². The number of rotatable bonds is 13. The number of carboxylic acid groups (broad SMARTS) is 1. The van der Waals surface area contributed by atoms with Crippen molar-refractivity contribution in [1.82, 2.24) is 10.6 Å². The van der Waals surface area contributed by atoms with Crippen LogP contribution in [0.25, 0.3) is 11.1 Å². The van der Waals surface area contributed by atoms with Crippen LogP contribution in [0.2, 0.25) is 0 Å². The van der Waals surface area contributed by atoms with Crippen LogP contribution < -0.4 is 21.7 Å². The van der Waals surface area contributed by atoms with Crippen molar-refractivity contribution in [1.29, 1.82) is 0 Å². The zero-order valence-electron chi connectivity index (χ0n) is 26.4. The summed E-state index contributed by atoms with van der Waals surface area (Å²) >= 11 is 0. The number of aromatic hydroxyl groups is 1. The molecule has 0 saturated heterocycles. The van der Waals surface area contributed by atoms with Crippen molar-refractivity contribution in [3.63, 3.8) is 0 Å². The molecule has 3 aromatic rings. The lowest BCUT2D eigenvalue weighted by Gasteiger charge is -2.24. The number of phenolic OH excluding ortho intramolecular Hbond substituents is 1. The van der Waals surface area contributed by atoms with Gasteiger partial charge in [0.15, 0.2) is 0 Å². The van der Waals surface area contributed by atoms with Gasteiger partial charge in [0, 0.05) is 12.0 Å². The third-order valence-electron chi connectivity index (χ3n) is 8.21. The molecule has 0 spiro atoms. The number of nitrogens with one attached hydrogen (secondary N) is 3. The Morgan fingerprint density at radius 1 is 0.870 bits per heavy atom. The fraction of sp³-hybridized carbons (Fsp3) is 0.371. The molecule has 0 unspecified atom stereocenters. The summed E-state index contributed by atoms with van der Waals surface area (Å²) in [5.74, 6) is -3.32. The number of phenols is 1. The molecule has 0 aliphatic heterocycles. The van der Waals surface area contributed by atoms with Crippen molar-refractivity contribution in [3.05, 3.63) is 83.4 Å². The molecule has 0 radical (unpaired) electrons. The van der Waals surface area contributed by atoms with Crippen LogP contribution in [0.1, 0.15) is 56.7 Å². The summed E-state index contributed by atoms with van der Waals surface area (Å²) in [6.07, 6.45) is -0.141. The van der Waals surface area contributed by atoms with Gasteiger partial charge in [0.05, 0.1) is 11.6 Å². The van der Waals surface area contributed by atoms with Gasteiger partial charge in [-0.1, -0.05) is 75.4 Å². The molecule has 244 valence electrons. The molecular weight excluding hydrogens is 588 g/mol. The number of hydrogen-bond donors (Lipinski definition) is 6. The van der Waals surface area contributed by atoms with Crippen molar-refractivity contribution in [2.45, 2.75) is 64.6 Å². The predicted molar refractivity (Wildman–Crippen MR) is 174 cm³/mol. The lowest BCUT2D eigenvalue weighted by atomic mass is 9.96. The molecule has 1 aliphatic rings. The highest BCUT2D eigenvalue weighted by Crippen LogP contribution is 2.44. The Bertz CT molecular complexity index is 1550. The lowest BCUT2D eigenvalue weighted by Crippen LogP contribution is -2.53. The third kappa shape index (κ3) is 8.22. The second-order valence-electron chi connectivity index (χ2n) is 12.2. The van der Waals surface area contributed by atoms with Crippen LogP contribution in [0, 0.1) is 11.8 Å². The zero-order valence-corrected chi connectivity index (χ0v) is 26.4. The van der Waals surface area contributed by atoms with E-state index in [2.05, 4.69) is 16.0 Å². The number of carboxylic acids is 1. The van der Waals surface area contributed by atoms with Crippen LogP contribution in [-0.4, -0.2) is 58.8 Å². The number of benzene rings is 3. The first kappa shape index (κ1) is 34.0. The molecule has 0 saturated carbocycles. The van der Waals surface area contributed by atoms with Crippen LogP contribution in [-0.2, 0) is 25.5 Å². The summed E-state index contributed by atoms with van der Waals surface area (Å²) in [5, 5.41) is 27.3. The van der Waals surface area contributed by atoms with Gasteiger partial charge in [-0.3, -0.25) is 14.4 Å². The summed E-state index contributed by atoms with van der Waals surface area (Å²) in [7, 11) is 0. The molecule has 4 rings (SSSR count). The Morgan fingerprint density at radius 3 is 2.07 bits per heavy atom. The molecular formula is C35H42N4O7. The smallest absolute Gasteiger partial charge is 0.407 e. The second kappa shape index (κ2) is 14.9. The van der Waals surface area contributed by atoms with E-state index in [0.29, 0.717) is 12.0 Å². The number of nitrogens with two attached hydrogens (primary N) is 1. The highest BCUT2D eigenvalue weighted by Gasteiger charge is 2.31. The van der Waals surface area contributed by atoms with Gasteiger partial charge >= 0.3 is 12.1 Å². The molecule has 3 amide bonds.